The number of aromatic nitrogens is 3. The largest absolute Gasteiger partial charge is 0.418 e. The highest BCUT2D eigenvalue weighted by Gasteiger charge is 2.15. The minimum atomic E-state index is -0.695. The third-order valence-corrected chi connectivity index (χ3v) is 4.11. The molecule has 3 aromatic rings. The summed E-state index contributed by atoms with van der Waals surface area (Å²) >= 11 is 13.0. The Kier molecular flexibility index (Phi) is 5.32. The van der Waals surface area contributed by atoms with Gasteiger partial charge in [-0.15, -0.1) is 0 Å². The lowest BCUT2D eigenvalue weighted by atomic mass is 10.4. The molecule has 3 rings (SSSR count). The minimum Gasteiger partial charge on any atom is -0.388 e. The highest BCUT2D eigenvalue weighted by molar-refractivity contribution is 7.16. The maximum atomic E-state index is 12.1. The zero-order valence-electron chi connectivity index (χ0n) is 12.8. The molecule has 0 aliphatic carbocycles. The van der Waals surface area contributed by atoms with Gasteiger partial charge in [0.1, 0.15) is 5.15 Å². The number of halogens is 2. The highest BCUT2D eigenvalue weighted by atomic mass is 35.5. The SMILES string of the molecule is Cc1nc(OC(=O)Nc2ccnc(Cl)c2)c(Nc2cncc(Cl)c2)s1. The second kappa shape index (κ2) is 7.64. The smallest absolute Gasteiger partial charge is 0.388 e. The number of pyridine rings is 2. The lowest BCUT2D eigenvalue weighted by Gasteiger charge is -2.08. The normalized spacial score (nSPS) is 10.4. The maximum Gasteiger partial charge on any atom is 0.418 e. The second-order valence-corrected chi connectivity index (χ2v) is 6.79. The van der Waals surface area contributed by atoms with E-state index < -0.39 is 6.09 Å². The molecule has 2 N–H and O–H groups in total. The Labute approximate surface area is 157 Å². The molecule has 0 aliphatic heterocycles. The molecule has 128 valence electrons. The Bertz CT molecular complexity index is 918. The van der Waals surface area contributed by atoms with Crippen molar-refractivity contribution in [2.24, 2.45) is 0 Å². The van der Waals surface area contributed by atoms with Crippen molar-refractivity contribution in [3.63, 3.8) is 0 Å². The van der Waals surface area contributed by atoms with E-state index in [-0.39, 0.29) is 11.0 Å². The molecule has 3 aromatic heterocycles. The molecule has 3 heterocycles. The topological polar surface area (TPSA) is 89.0 Å². The van der Waals surface area contributed by atoms with Gasteiger partial charge in [0.25, 0.3) is 5.88 Å². The first-order valence-electron chi connectivity index (χ1n) is 6.95. The number of anilines is 3. The van der Waals surface area contributed by atoms with Gasteiger partial charge >= 0.3 is 6.09 Å². The van der Waals surface area contributed by atoms with Crippen LogP contribution in [0.3, 0.4) is 0 Å². The Balaban J connectivity index is 1.73. The Morgan fingerprint density at radius 3 is 2.84 bits per heavy atom. The van der Waals surface area contributed by atoms with E-state index in [1.807, 2.05) is 0 Å². The molecule has 1 amide bonds. The monoisotopic (exact) mass is 395 g/mol. The summed E-state index contributed by atoms with van der Waals surface area (Å²) in [6, 6.07) is 4.80. The molecular weight excluding hydrogens is 385 g/mol. The van der Waals surface area contributed by atoms with Crippen molar-refractivity contribution in [2.75, 3.05) is 10.6 Å². The maximum absolute atomic E-state index is 12.1. The number of aryl methyl sites for hydroxylation is 1. The van der Waals surface area contributed by atoms with E-state index in [0.717, 1.165) is 5.01 Å². The van der Waals surface area contributed by atoms with Gasteiger partial charge < -0.3 is 10.1 Å². The summed E-state index contributed by atoms with van der Waals surface area (Å²) in [5.74, 6) is 0.153. The van der Waals surface area contributed by atoms with Gasteiger partial charge in [-0.05, 0) is 25.1 Å². The summed E-state index contributed by atoms with van der Waals surface area (Å²) in [4.78, 5) is 24.1. The number of ether oxygens (including phenoxy) is 1. The molecule has 0 aromatic carbocycles. The van der Waals surface area contributed by atoms with Gasteiger partial charge in [-0.3, -0.25) is 10.3 Å². The van der Waals surface area contributed by atoms with E-state index in [4.69, 9.17) is 27.9 Å². The molecule has 0 saturated carbocycles. The van der Waals surface area contributed by atoms with Crippen LogP contribution in [0.1, 0.15) is 5.01 Å². The van der Waals surface area contributed by atoms with Crippen molar-refractivity contribution >= 4 is 57.0 Å². The minimum absolute atomic E-state index is 0.153. The number of carbonyl (C=O) groups is 1. The third kappa shape index (κ3) is 4.79. The molecule has 0 saturated heterocycles. The predicted octanol–water partition coefficient (Wildman–Crippen LogP) is 4.90. The van der Waals surface area contributed by atoms with Gasteiger partial charge in [-0.25, -0.2) is 14.8 Å². The van der Waals surface area contributed by atoms with Gasteiger partial charge in [0, 0.05) is 18.1 Å². The van der Waals surface area contributed by atoms with Crippen LogP contribution < -0.4 is 15.4 Å². The Morgan fingerprint density at radius 2 is 2.08 bits per heavy atom. The van der Waals surface area contributed by atoms with Crippen molar-refractivity contribution in [1.82, 2.24) is 15.0 Å². The first kappa shape index (κ1) is 17.4. The van der Waals surface area contributed by atoms with E-state index >= 15 is 0 Å². The average Bonchev–Trinajstić information content (AvgIpc) is 2.86. The molecule has 7 nitrogen and oxygen atoms in total. The second-order valence-electron chi connectivity index (χ2n) is 4.77. The van der Waals surface area contributed by atoms with E-state index in [1.165, 1.54) is 29.8 Å². The number of rotatable bonds is 4. The molecule has 25 heavy (non-hydrogen) atoms. The number of hydrogen-bond acceptors (Lipinski definition) is 7. The van der Waals surface area contributed by atoms with Gasteiger partial charge in [-0.1, -0.05) is 34.5 Å². The quantitative estimate of drug-likeness (QED) is 0.610. The predicted molar refractivity (Wildman–Crippen MR) is 98.3 cm³/mol. The number of nitrogens with one attached hydrogen (secondary N) is 2. The van der Waals surface area contributed by atoms with Crippen molar-refractivity contribution in [3.8, 4) is 5.88 Å². The standard InChI is InChI=1S/C15H11Cl2N5O2S/c1-8-20-13(14(25-8)21-11-4-9(16)6-18-7-11)24-15(23)22-10-2-3-19-12(17)5-10/h2-7,21H,1H3,(H,19,22,23). The lowest BCUT2D eigenvalue weighted by Crippen LogP contribution is -2.17. The zero-order chi connectivity index (χ0) is 17.8. The molecular formula is C15H11Cl2N5O2S. The summed E-state index contributed by atoms with van der Waals surface area (Å²) in [6.07, 6.45) is 3.91. The van der Waals surface area contributed by atoms with Crippen molar-refractivity contribution in [3.05, 3.63) is 52.0 Å². The molecule has 0 aliphatic rings. The number of thiazole rings is 1. The van der Waals surface area contributed by atoms with Crippen LogP contribution in [0.4, 0.5) is 21.2 Å². The fourth-order valence-corrected chi connectivity index (χ4v) is 2.99. The van der Waals surface area contributed by atoms with Crippen LogP contribution in [0.2, 0.25) is 10.2 Å². The Morgan fingerprint density at radius 1 is 1.24 bits per heavy atom. The van der Waals surface area contributed by atoms with Crippen LogP contribution in [-0.2, 0) is 0 Å². The Hall–Kier alpha value is -2.42. The van der Waals surface area contributed by atoms with Crippen LogP contribution >= 0.6 is 34.5 Å². The van der Waals surface area contributed by atoms with Crippen molar-refractivity contribution in [2.45, 2.75) is 6.92 Å². The first-order valence-corrected chi connectivity index (χ1v) is 8.52. The lowest BCUT2D eigenvalue weighted by molar-refractivity contribution is 0.214. The van der Waals surface area contributed by atoms with E-state index in [1.54, 1.807) is 25.3 Å². The fourth-order valence-electron chi connectivity index (χ4n) is 1.88. The van der Waals surface area contributed by atoms with Crippen LogP contribution in [0, 0.1) is 6.92 Å². The van der Waals surface area contributed by atoms with Crippen molar-refractivity contribution < 1.29 is 9.53 Å². The van der Waals surface area contributed by atoms with Gasteiger partial charge in [0.2, 0.25) is 0 Å². The van der Waals surface area contributed by atoms with Gasteiger partial charge in [0.05, 0.1) is 21.9 Å². The highest BCUT2D eigenvalue weighted by Crippen LogP contribution is 2.34. The summed E-state index contributed by atoms with van der Waals surface area (Å²) < 4.78 is 5.28. The molecule has 10 heteroatoms. The molecule has 0 bridgehead atoms. The summed E-state index contributed by atoms with van der Waals surface area (Å²) in [5, 5.41) is 7.68. The number of amides is 1. The molecule has 0 atom stereocenters. The summed E-state index contributed by atoms with van der Waals surface area (Å²) in [7, 11) is 0. The van der Waals surface area contributed by atoms with E-state index in [0.29, 0.717) is 21.4 Å². The van der Waals surface area contributed by atoms with Crippen molar-refractivity contribution in [1.29, 1.82) is 0 Å². The van der Waals surface area contributed by atoms with Crippen LogP contribution in [0.5, 0.6) is 5.88 Å². The summed E-state index contributed by atoms with van der Waals surface area (Å²) in [5.41, 5.74) is 1.12. The van der Waals surface area contributed by atoms with Crippen LogP contribution in [0.15, 0.2) is 36.8 Å². The van der Waals surface area contributed by atoms with Crippen LogP contribution in [-0.4, -0.2) is 21.0 Å². The molecule has 0 spiro atoms. The average molecular weight is 396 g/mol. The first-order chi connectivity index (χ1) is 12.0. The number of nitrogens with zero attached hydrogens (tertiary/aromatic N) is 3. The molecule has 0 unspecified atom stereocenters. The van der Waals surface area contributed by atoms with Gasteiger partial charge in [0.15, 0.2) is 5.00 Å². The molecule has 0 radical (unpaired) electrons. The molecule has 0 fully saturated rings. The zero-order valence-corrected chi connectivity index (χ0v) is 15.1. The van der Waals surface area contributed by atoms with Crippen LogP contribution in [0.25, 0.3) is 0 Å². The third-order valence-electron chi connectivity index (χ3n) is 2.83. The number of carbonyl (C=O) groups excluding carboxylic acids is 1. The summed E-state index contributed by atoms with van der Waals surface area (Å²) in [6.45, 7) is 1.81. The van der Waals surface area contributed by atoms with E-state index in [9.17, 15) is 4.79 Å². The van der Waals surface area contributed by atoms with E-state index in [2.05, 4.69) is 25.6 Å². The number of hydrogen-bond donors (Lipinski definition) is 2. The fraction of sp³-hybridized carbons (Fsp3) is 0.0667. The van der Waals surface area contributed by atoms with Gasteiger partial charge in [-0.2, -0.15) is 0 Å².